The first-order valence-corrected chi connectivity index (χ1v) is 7.20. The van der Waals surface area contributed by atoms with Crippen LogP contribution in [-0.4, -0.2) is 23.7 Å². The molecule has 0 heterocycles. The van der Waals surface area contributed by atoms with Crippen LogP contribution in [0.2, 0.25) is 0 Å². The standard InChI is InChI=1S/C16H16BrNO2/c17-15-9-5-4-8-14(15)16(20)18-13(11-19)10-12-6-2-1-3-7-12/h1-9,13,19H,10-11H2,(H,18,20)/t13-/m1/s1. The average Bonchev–Trinajstić information content (AvgIpc) is 2.48. The molecule has 1 amide bonds. The van der Waals surface area contributed by atoms with Gasteiger partial charge in [-0.3, -0.25) is 4.79 Å². The number of halogens is 1. The molecule has 0 bridgehead atoms. The van der Waals surface area contributed by atoms with Gasteiger partial charge in [0.25, 0.3) is 5.91 Å². The van der Waals surface area contributed by atoms with Crippen LogP contribution < -0.4 is 5.32 Å². The van der Waals surface area contributed by atoms with Gasteiger partial charge in [0.1, 0.15) is 0 Å². The van der Waals surface area contributed by atoms with Crippen LogP contribution in [-0.2, 0) is 6.42 Å². The summed E-state index contributed by atoms with van der Waals surface area (Å²) in [4.78, 5) is 12.2. The summed E-state index contributed by atoms with van der Waals surface area (Å²) < 4.78 is 0.744. The number of rotatable bonds is 5. The molecule has 104 valence electrons. The molecule has 0 aliphatic heterocycles. The Labute approximate surface area is 126 Å². The Morgan fingerprint density at radius 2 is 1.75 bits per heavy atom. The lowest BCUT2D eigenvalue weighted by Gasteiger charge is -2.17. The summed E-state index contributed by atoms with van der Waals surface area (Å²) in [6.45, 7) is -0.0922. The number of nitrogens with one attached hydrogen (secondary N) is 1. The van der Waals surface area contributed by atoms with Gasteiger partial charge in [0.2, 0.25) is 0 Å². The molecule has 20 heavy (non-hydrogen) atoms. The lowest BCUT2D eigenvalue weighted by molar-refractivity contribution is 0.0915. The molecule has 2 rings (SSSR count). The van der Waals surface area contributed by atoms with E-state index in [2.05, 4.69) is 21.2 Å². The second-order valence-corrected chi connectivity index (χ2v) is 5.38. The summed E-state index contributed by atoms with van der Waals surface area (Å²) in [5.74, 6) is -0.188. The smallest absolute Gasteiger partial charge is 0.252 e. The molecule has 0 saturated heterocycles. The first-order chi connectivity index (χ1) is 9.70. The molecule has 2 aromatic carbocycles. The van der Waals surface area contributed by atoms with Crippen LogP contribution in [0.15, 0.2) is 59.1 Å². The highest BCUT2D eigenvalue weighted by molar-refractivity contribution is 9.10. The fraction of sp³-hybridized carbons (Fsp3) is 0.188. The van der Waals surface area contributed by atoms with Gasteiger partial charge in [-0.2, -0.15) is 0 Å². The largest absolute Gasteiger partial charge is 0.394 e. The van der Waals surface area contributed by atoms with Gasteiger partial charge in [0, 0.05) is 4.47 Å². The van der Waals surface area contributed by atoms with E-state index in [0.717, 1.165) is 10.0 Å². The first kappa shape index (κ1) is 14.8. The van der Waals surface area contributed by atoms with Crippen LogP contribution in [0.3, 0.4) is 0 Å². The molecular formula is C16H16BrNO2. The summed E-state index contributed by atoms with van der Waals surface area (Å²) >= 11 is 3.35. The van der Waals surface area contributed by atoms with Crippen molar-refractivity contribution in [1.29, 1.82) is 0 Å². The van der Waals surface area contributed by atoms with E-state index in [1.807, 2.05) is 48.5 Å². The molecule has 1 atom stereocenters. The van der Waals surface area contributed by atoms with E-state index < -0.39 is 0 Å². The first-order valence-electron chi connectivity index (χ1n) is 6.41. The number of benzene rings is 2. The highest BCUT2D eigenvalue weighted by atomic mass is 79.9. The maximum atomic E-state index is 12.2. The Kier molecular flexibility index (Phi) is 5.32. The molecule has 3 nitrogen and oxygen atoms in total. The highest BCUT2D eigenvalue weighted by Gasteiger charge is 2.15. The van der Waals surface area contributed by atoms with Crippen molar-refractivity contribution in [3.05, 3.63) is 70.2 Å². The summed E-state index contributed by atoms with van der Waals surface area (Å²) in [5.41, 5.74) is 1.65. The van der Waals surface area contributed by atoms with Crippen LogP contribution >= 0.6 is 15.9 Å². The van der Waals surface area contributed by atoms with E-state index in [1.165, 1.54) is 0 Å². The van der Waals surface area contributed by atoms with Crippen molar-refractivity contribution in [1.82, 2.24) is 5.32 Å². The summed E-state index contributed by atoms with van der Waals surface area (Å²) in [5, 5.41) is 12.3. The predicted molar refractivity (Wildman–Crippen MR) is 82.6 cm³/mol. The van der Waals surface area contributed by atoms with E-state index >= 15 is 0 Å². The van der Waals surface area contributed by atoms with Crippen LogP contribution in [0.4, 0.5) is 0 Å². The highest BCUT2D eigenvalue weighted by Crippen LogP contribution is 2.16. The number of hydrogen-bond donors (Lipinski definition) is 2. The number of aliphatic hydroxyl groups is 1. The maximum Gasteiger partial charge on any atom is 0.252 e. The predicted octanol–water partition coefficient (Wildman–Crippen LogP) is 2.78. The quantitative estimate of drug-likeness (QED) is 0.883. The second-order valence-electron chi connectivity index (χ2n) is 4.52. The number of amides is 1. The number of carbonyl (C=O) groups excluding carboxylic acids is 1. The Hall–Kier alpha value is -1.65. The third-order valence-corrected chi connectivity index (χ3v) is 3.69. The van der Waals surface area contributed by atoms with Gasteiger partial charge in [-0.05, 0) is 40.0 Å². The molecule has 0 radical (unpaired) electrons. The van der Waals surface area contributed by atoms with E-state index in [1.54, 1.807) is 6.07 Å². The summed E-state index contributed by atoms with van der Waals surface area (Å²) in [6, 6.07) is 16.7. The van der Waals surface area contributed by atoms with Crippen molar-refractivity contribution in [2.24, 2.45) is 0 Å². The Balaban J connectivity index is 2.03. The molecule has 0 saturated carbocycles. The zero-order chi connectivity index (χ0) is 14.4. The lowest BCUT2D eigenvalue weighted by Crippen LogP contribution is -2.39. The molecule has 2 N–H and O–H groups in total. The second kappa shape index (κ2) is 7.22. The monoisotopic (exact) mass is 333 g/mol. The fourth-order valence-electron chi connectivity index (χ4n) is 1.97. The van der Waals surface area contributed by atoms with Crippen molar-refractivity contribution in [2.45, 2.75) is 12.5 Å². The van der Waals surface area contributed by atoms with Gasteiger partial charge >= 0.3 is 0 Å². The minimum Gasteiger partial charge on any atom is -0.394 e. The fourth-order valence-corrected chi connectivity index (χ4v) is 2.43. The molecule has 0 aromatic heterocycles. The molecular weight excluding hydrogens is 318 g/mol. The zero-order valence-electron chi connectivity index (χ0n) is 10.9. The van der Waals surface area contributed by atoms with Crippen molar-refractivity contribution in [3.63, 3.8) is 0 Å². The zero-order valence-corrected chi connectivity index (χ0v) is 12.5. The number of carbonyl (C=O) groups is 1. The summed E-state index contributed by atoms with van der Waals surface area (Å²) in [7, 11) is 0. The Morgan fingerprint density at radius 3 is 2.40 bits per heavy atom. The van der Waals surface area contributed by atoms with Crippen LogP contribution in [0.5, 0.6) is 0 Å². The molecule has 4 heteroatoms. The summed E-state index contributed by atoms with van der Waals surface area (Å²) in [6.07, 6.45) is 0.605. The third-order valence-electron chi connectivity index (χ3n) is 3.00. The van der Waals surface area contributed by atoms with Gasteiger partial charge in [-0.15, -0.1) is 0 Å². The van der Waals surface area contributed by atoms with Gasteiger partial charge < -0.3 is 10.4 Å². The van der Waals surface area contributed by atoms with Gasteiger partial charge in [-0.1, -0.05) is 42.5 Å². The van der Waals surface area contributed by atoms with E-state index in [-0.39, 0.29) is 18.6 Å². The molecule has 0 unspecified atom stereocenters. The molecule has 2 aromatic rings. The third kappa shape index (κ3) is 3.92. The van der Waals surface area contributed by atoms with Crippen LogP contribution in [0, 0.1) is 0 Å². The van der Waals surface area contributed by atoms with E-state index in [9.17, 15) is 9.90 Å². The molecule has 0 fully saturated rings. The van der Waals surface area contributed by atoms with Crippen molar-refractivity contribution < 1.29 is 9.90 Å². The van der Waals surface area contributed by atoms with Crippen molar-refractivity contribution in [3.8, 4) is 0 Å². The Morgan fingerprint density at radius 1 is 1.10 bits per heavy atom. The number of hydrogen-bond acceptors (Lipinski definition) is 2. The van der Waals surface area contributed by atoms with Crippen molar-refractivity contribution >= 4 is 21.8 Å². The van der Waals surface area contributed by atoms with Crippen LogP contribution in [0.25, 0.3) is 0 Å². The molecule has 0 aliphatic carbocycles. The lowest BCUT2D eigenvalue weighted by atomic mass is 10.1. The average molecular weight is 334 g/mol. The Bertz CT molecular complexity index is 572. The maximum absolute atomic E-state index is 12.2. The molecule has 0 spiro atoms. The topological polar surface area (TPSA) is 49.3 Å². The van der Waals surface area contributed by atoms with Gasteiger partial charge in [0.05, 0.1) is 18.2 Å². The van der Waals surface area contributed by atoms with Crippen molar-refractivity contribution in [2.75, 3.05) is 6.61 Å². The number of aliphatic hydroxyl groups excluding tert-OH is 1. The van der Waals surface area contributed by atoms with Gasteiger partial charge in [0.15, 0.2) is 0 Å². The minimum atomic E-state index is -0.294. The van der Waals surface area contributed by atoms with E-state index in [4.69, 9.17) is 0 Å². The normalized spacial score (nSPS) is 11.9. The SMILES string of the molecule is O=C(N[C@@H](CO)Cc1ccccc1)c1ccccc1Br. The minimum absolute atomic E-state index is 0.0922. The molecule has 0 aliphatic rings. The van der Waals surface area contributed by atoms with Crippen LogP contribution in [0.1, 0.15) is 15.9 Å². The van der Waals surface area contributed by atoms with E-state index in [0.29, 0.717) is 12.0 Å². The van der Waals surface area contributed by atoms with Gasteiger partial charge in [-0.25, -0.2) is 0 Å².